The van der Waals surface area contributed by atoms with Crippen molar-refractivity contribution in [1.29, 1.82) is 0 Å². The van der Waals surface area contributed by atoms with Crippen LogP contribution in [0, 0.1) is 11.3 Å². The maximum Gasteiger partial charge on any atom is 0.232 e. The van der Waals surface area contributed by atoms with Crippen molar-refractivity contribution in [1.82, 2.24) is 5.32 Å². The monoisotopic (exact) mass is 381 g/mol. The number of carbonyl (C=O) groups is 1. The van der Waals surface area contributed by atoms with Gasteiger partial charge in [0, 0.05) is 18.3 Å². The minimum Gasteiger partial charge on any atom is -0.494 e. The standard InChI is InChI=1S/C18H27N3O4S/c1-3-26(23,24)21-15-8-7-14(10-16(15)25-2)20-17(22)18-9-5-4-6-13(18)11-19-12-18/h7-8,10,13,19,21H,3-6,9,11-12H2,1-2H3,(H,20,22)/t13-,18+/m0/s1. The number of amides is 1. The zero-order valence-corrected chi connectivity index (χ0v) is 16.1. The first-order valence-electron chi connectivity index (χ1n) is 9.11. The Kier molecular flexibility index (Phi) is 5.43. The Labute approximate surface area is 154 Å². The lowest BCUT2D eigenvalue weighted by Gasteiger charge is -2.37. The van der Waals surface area contributed by atoms with Crippen LogP contribution in [0.1, 0.15) is 32.6 Å². The van der Waals surface area contributed by atoms with Crippen molar-refractivity contribution in [3.8, 4) is 5.75 Å². The predicted molar refractivity (Wildman–Crippen MR) is 102 cm³/mol. The summed E-state index contributed by atoms with van der Waals surface area (Å²) in [7, 11) is -1.92. The average molecular weight is 381 g/mol. The van der Waals surface area contributed by atoms with Crippen LogP contribution in [-0.4, -0.2) is 40.3 Å². The van der Waals surface area contributed by atoms with Crippen molar-refractivity contribution in [3.05, 3.63) is 18.2 Å². The molecular weight excluding hydrogens is 354 g/mol. The van der Waals surface area contributed by atoms with Gasteiger partial charge in [-0.1, -0.05) is 12.8 Å². The van der Waals surface area contributed by atoms with Gasteiger partial charge in [-0.2, -0.15) is 0 Å². The van der Waals surface area contributed by atoms with Crippen molar-refractivity contribution in [2.24, 2.45) is 11.3 Å². The summed E-state index contributed by atoms with van der Waals surface area (Å²) in [5.74, 6) is 0.776. The molecule has 3 rings (SSSR count). The van der Waals surface area contributed by atoms with Gasteiger partial charge in [-0.25, -0.2) is 8.42 Å². The summed E-state index contributed by atoms with van der Waals surface area (Å²) in [4.78, 5) is 13.0. The Hall–Kier alpha value is -1.80. The third kappa shape index (κ3) is 3.66. The fourth-order valence-corrected chi connectivity index (χ4v) is 4.69. The number of carbonyl (C=O) groups excluding carboxylic acids is 1. The van der Waals surface area contributed by atoms with Gasteiger partial charge in [-0.15, -0.1) is 0 Å². The second kappa shape index (κ2) is 7.44. The third-order valence-corrected chi connectivity index (χ3v) is 6.89. The molecule has 2 aliphatic rings. The number of anilines is 2. The molecule has 7 nitrogen and oxygen atoms in total. The smallest absolute Gasteiger partial charge is 0.232 e. The quantitative estimate of drug-likeness (QED) is 0.702. The van der Waals surface area contributed by atoms with E-state index in [9.17, 15) is 13.2 Å². The Morgan fingerprint density at radius 2 is 2.19 bits per heavy atom. The number of fused-ring (bicyclic) bond motifs is 1. The Balaban J connectivity index is 1.78. The minimum atomic E-state index is -3.40. The Bertz CT molecular complexity index is 781. The molecule has 1 saturated heterocycles. The van der Waals surface area contributed by atoms with Crippen LogP contribution in [0.5, 0.6) is 5.75 Å². The van der Waals surface area contributed by atoms with Gasteiger partial charge in [-0.05, 0) is 44.4 Å². The summed E-state index contributed by atoms with van der Waals surface area (Å²) in [6.45, 7) is 3.18. The van der Waals surface area contributed by atoms with Crippen LogP contribution >= 0.6 is 0 Å². The first kappa shape index (κ1) is 19.0. The van der Waals surface area contributed by atoms with E-state index in [0.717, 1.165) is 32.4 Å². The molecule has 1 heterocycles. The molecule has 144 valence electrons. The van der Waals surface area contributed by atoms with E-state index in [1.54, 1.807) is 25.1 Å². The lowest BCUT2D eigenvalue weighted by Crippen LogP contribution is -2.44. The van der Waals surface area contributed by atoms with Gasteiger partial charge in [0.25, 0.3) is 0 Å². The molecule has 0 bridgehead atoms. The maximum absolute atomic E-state index is 13.0. The predicted octanol–water partition coefficient (Wildman–Crippen LogP) is 2.18. The highest BCUT2D eigenvalue weighted by molar-refractivity contribution is 7.92. The zero-order valence-electron chi connectivity index (χ0n) is 15.3. The highest BCUT2D eigenvalue weighted by Crippen LogP contribution is 2.44. The van der Waals surface area contributed by atoms with Gasteiger partial charge in [0.2, 0.25) is 15.9 Å². The second-order valence-electron chi connectivity index (χ2n) is 7.10. The van der Waals surface area contributed by atoms with Crippen molar-refractivity contribution in [2.45, 2.75) is 32.6 Å². The third-order valence-electron chi connectivity index (χ3n) is 5.60. The molecule has 0 aromatic heterocycles. The summed E-state index contributed by atoms with van der Waals surface area (Å²) in [6, 6.07) is 4.97. The zero-order chi connectivity index (χ0) is 18.8. The van der Waals surface area contributed by atoms with Crippen LogP contribution in [0.2, 0.25) is 0 Å². The van der Waals surface area contributed by atoms with Gasteiger partial charge in [0.05, 0.1) is 24.0 Å². The van der Waals surface area contributed by atoms with E-state index >= 15 is 0 Å². The van der Waals surface area contributed by atoms with Gasteiger partial charge < -0.3 is 15.4 Å². The van der Waals surface area contributed by atoms with Crippen LogP contribution in [0.25, 0.3) is 0 Å². The highest BCUT2D eigenvalue weighted by Gasteiger charge is 2.49. The summed E-state index contributed by atoms with van der Waals surface area (Å²) in [5.41, 5.74) is 0.633. The van der Waals surface area contributed by atoms with Gasteiger partial charge >= 0.3 is 0 Å². The lowest BCUT2D eigenvalue weighted by molar-refractivity contribution is -0.128. The molecule has 1 aliphatic carbocycles. The number of ether oxygens (including phenoxy) is 1. The molecule has 3 N–H and O–H groups in total. The summed E-state index contributed by atoms with van der Waals surface area (Å²) in [6.07, 6.45) is 4.25. The van der Waals surface area contributed by atoms with Crippen LogP contribution in [-0.2, 0) is 14.8 Å². The molecule has 1 saturated carbocycles. The number of rotatable bonds is 6. The van der Waals surface area contributed by atoms with E-state index in [1.807, 2.05) is 0 Å². The molecule has 0 radical (unpaired) electrons. The maximum atomic E-state index is 13.0. The van der Waals surface area contributed by atoms with Crippen molar-refractivity contribution >= 4 is 27.3 Å². The molecule has 8 heteroatoms. The van der Waals surface area contributed by atoms with Crippen LogP contribution in [0.3, 0.4) is 0 Å². The highest BCUT2D eigenvalue weighted by atomic mass is 32.2. The number of hydrogen-bond acceptors (Lipinski definition) is 5. The molecule has 2 fully saturated rings. The molecule has 0 spiro atoms. The Morgan fingerprint density at radius 1 is 1.38 bits per heavy atom. The van der Waals surface area contributed by atoms with Crippen LogP contribution in [0.4, 0.5) is 11.4 Å². The van der Waals surface area contributed by atoms with E-state index < -0.39 is 10.0 Å². The van der Waals surface area contributed by atoms with Crippen LogP contribution in [0.15, 0.2) is 18.2 Å². The molecule has 1 aliphatic heterocycles. The fourth-order valence-electron chi connectivity index (χ4n) is 4.04. The van der Waals surface area contributed by atoms with Gasteiger partial charge in [0.15, 0.2) is 0 Å². The summed E-state index contributed by atoms with van der Waals surface area (Å²) < 4.78 is 31.4. The largest absolute Gasteiger partial charge is 0.494 e. The van der Waals surface area contributed by atoms with E-state index in [4.69, 9.17) is 4.74 Å². The normalized spacial score (nSPS) is 25.4. The topological polar surface area (TPSA) is 96.5 Å². The van der Waals surface area contributed by atoms with E-state index in [-0.39, 0.29) is 17.1 Å². The first-order valence-corrected chi connectivity index (χ1v) is 10.8. The van der Waals surface area contributed by atoms with E-state index in [0.29, 0.717) is 23.0 Å². The van der Waals surface area contributed by atoms with Crippen molar-refractivity contribution < 1.29 is 17.9 Å². The molecule has 2 atom stereocenters. The number of sulfonamides is 1. The number of methoxy groups -OCH3 is 1. The van der Waals surface area contributed by atoms with Crippen molar-refractivity contribution in [3.63, 3.8) is 0 Å². The van der Waals surface area contributed by atoms with Crippen LogP contribution < -0.4 is 20.1 Å². The summed E-state index contributed by atoms with van der Waals surface area (Å²) in [5, 5.41) is 6.39. The molecular formula is C18H27N3O4S. The number of hydrogen-bond donors (Lipinski definition) is 3. The number of nitrogens with one attached hydrogen (secondary N) is 3. The average Bonchev–Trinajstić information content (AvgIpc) is 3.08. The molecule has 0 unspecified atom stereocenters. The fraction of sp³-hybridized carbons (Fsp3) is 0.611. The summed E-state index contributed by atoms with van der Waals surface area (Å²) >= 11 is 0. The molecule has 1 aromatic rings. The van der Waals surface area contributed by atoms with Gasteiger partial charge in [-0.3, -0.25) is 9.52 Å². The van der Waals surface area contributed by atoms with E-state index in [2.05, 4.69) is 15.4 Å². The molecule has 1 amide bonds. The SMILES string of the molecule is CCS(=O)(=O)Nc1ccc(NC(=O)[C@@]23CCCC[C@H]2CNC3)cc1OC. The molecule has 26 heavy (non-hydrogen) atoms. The minimum absolute atomic E-state index is 0.0223. The van der Waals surface area contributed by atoms with Gasteiger partial charge in [0.1, 0.15) is 5.75 Å². The number of benzene rings is 1. The lowest BCUT2D eigenvalue weighted by atomic mass is 9.67. The first-order chi connectivity index (χ1) is 12.4. The molecule has 1 aromatic carbocycles. The van der Waals surface area contributed by atoms with Crippen molar-refractivity contribution in [2.75, 3.05) is 36.0 Å². The second-order valence-corrected chi connectivity index (χ2v) is 9.12. The Morgan fingerprint density at radius 3 is 2.92 bits per heavy atom. The van der Waals surface area contributed by atoms with E-state index in [1.165, 1.54) is 13.5 Å².